The third-order valence-electron chi connectivity index (χ3n) is 8.04. The minimum absolute atomic E-state index is 0.153. The summed E-state index contributed by atoms with van der Waals surface area (Å²) in [5.41, 5.74) is 0.837. The number of anilines is 3. The molecule has 0 bridgehead atoms. The summed E-state index contributed by atoms with van der Waals surface area (Å²) in [6.45, 7) is 1.50. The molecule has 2 aliphatic rings. The molecule has 2 heterocycles. The molecule has 0 spiro atoms. The number of hydrogen-bond acceptors (Lipinski definition) is 6. The molecule has 3 N–H and O–H groups in total. The normalized spacial score (nSPS) is 16.2. The summed E-state index contributed by atoms with van der Waals surface area (Å²) in [5, 5.41) is 15.4. The van der Waals surface area contributed by atoms with E-state index in [2.05, 4.69) is 15.6 Å². The summed E-state index contributed by atoms with van der Waals surface area (Å²) >= 11 is 0. The number of halogens is 2. The van der Waals surface area contributed by atoms with E-state index in [-0.39, 0.29) is 18.3 Å². The zero-order chi connectivity index (χ0) is 29.3. The van der Waals surface area contributed by atoms with Crippen LogP contribution in [0, 0.1) is 23.0 Å². The van der Waals surface area contributed by atoms with Crippen LogP contribution in [-0.2, 0) is 9.59 Å². The molecule has 1 aromatic heterocycles. The molecular weight excluding hydrogens is 542 g/mol. The smallest absolute Gasteiger partial charge is 0.240 e. The van der Waals surface area contributed by atoms with E-state index in [0.717, 1.165) is 12.8 Å². The number of nitrogens with one attached hydrogen (secondary N) is 2. The molecule has 2 fully saturated rings. The summed E-state index contributed by atoms with van der Waals surface area (Å²) < 4.78 is 34.4. The van der Waals surface area contributed by atoms with Crippen LogP contribution in [0.3, 0.4) is 0 Å². The maximum absolute atomic E-state index is 15.2. The number of amides is 2. The van der Waals surface area contributed by atoms with E-state index in [0.29, 0.717) is 65.4 Å². The van der Waals surface area contributed by atoms with Gasteiger partial charge in [-0.3, -0.25) is 14.6 Å². The zero-order valence-corrected chi connectivity index (χ0v) is 22.8. The van der Waals surface area contributed by atoms with Crippen LogP contribution in [0.5, 0.6) is 11.5 Å². The van der Waals surface area contributed by atoms with E-state index < -0.39 is 23.0 Å². The quantitative estimate of drug-likeness (QED) is 0.228. The molecule has 6 rings (SSSR count). The first kappa shape index (κ1) is 27.6. The lowest BCUT2D eigenvalue weighted by Gasteiger charge is -2.33. The van der Waals surface area contributed by atoms with Gasteiger partial charge in [-0.2, -0.15) is 0 Å². The maximum Gasteiger partial charge on any atom is 0.240 e. The zero-order valence-electron chi connectivity index (χ0n) is 22.8. The van der Waals surface area contributed by atoms with Crippen LogP contribution in [-0.4, -0.2) is 41.6 Å². The fraction of sp³-hybridized carbons (Fsp3) is 0.281. The molecule has 1 saturated heterocycles. The molecule has 2 amide bonds. The lowest BCUT2D eigenvalue weighted by atomic mass is 9.97. The van der Waals surface area contributed by atoms with Crippen LogP contribution in [0.4, 0.5) is 25.8 Å². The van der Waals surface area contributed by atoms with Gasteiger partial charge in [-0.15, -0.1) is 0 Å². The molecule has 216 valence electrons. The number of ether oxygens (including phenoxy) is 1. The van der Waals surface area contributed by atoms with Crippen molar-refractivity contribution in [3.63, 3.8) is 0 Å². The predicted molar refractivity (Wildman–Crippen MR) is 156 cm³/mol. The van der Waals surface area contributed by atoms with Crippen LogP contribution in [0.15, 0.2) is 72.9 Å². The van der Waals surface area contributed by atoms with E-state index in [1.807, 2.05) is 4.90 Å². The van der Waals surface area contributed by atoms with Crippen molar-refractivity contribution in [3.8, 4) is 11.5 Å². The Hall–Kier alpha value is -4.57. The molecule has 42 heavy (non-hydrogen) atoms. The highest BCUT2D eigenvalue weighted by Crippen LogP contribution is 2.47. The Kier molecular flexibility index (Phi) is 7.47. The lowest BCUT2D eigenvalue weighted by Crippen LogP contribution is -2.35. The number of aliphatic hydroxyl groups is 1. The average molecular weight is 573 g/mol. The predicted octanol–water partition coefficient (Wildman–Crippen LogP) is 5.87. The largest absolute Gasteiger partial charge is 0.457 e. The van der Waals surface area contributed by atoms with E-state index in [9.17, 15) is 19.1 Å². The number of hydrogen-bond donors (Lipinski definition) is 3. The van der Waals surface area contributed by atoms with Crippen molar-refractivity contribution in [3.05, 3.63) is 84.6 Å². The summed E-state index contributed by atoms with van der Waals surface area (Å²) in [5.74, 6) is -0.447. The summed E-state index contributed by atoms with van der Waals surface area (Å²) in [6, 6.07) is 16.9. The van der Waals surface area contributed by atoms with Crippen LogP contribution in [0.1, 0.15) is 25.7 Å². The Labute approximate surface area is 241 Å². The molecule has 0 unspecified atom stereocenters. The highest BCUT2D eigenvalue weighted by Gasteiger charge is 2.56. The third kappa shape index (κ3) is 5.62. The highest BCUT2D eigenvalue weighted by molar-refractivity contribution is 6.16. The van der Waals surface area contributed by atoms with E-state index in [1.165, 1.54) is 30.3 Å². The van der Waals surface area contributed by atoms with Gasteiger partial charge in [0.2, 0.25) is 11.8 Å². The molecule has 10 heteroatoms. The van der Waals surface area contributed by atoms with Crippen molar-refractivity contribution in [1.82, 2.24) is 4.98 Å². The second-order valence-electron chi connectivity index (χ2n) is 10.9. The molecule has 3 aromatic carbocycles. The number of aliphatic hydroxyl groups excluding tert-OH is 1. The highest BCUT2D eigenvalue weighted by atomic mass is 19.1. The van der Waals surface area contributed by atoms with Gasteiger partial charge < -0.3 is 25.4 Å². The van der Waals surface area contributed by atoms with Crippen molar-refractivity contribution >= 4 is 39.8 Å². The summed E-state index contributed by atoms with van der Waals surface area (Å²) in [7, 11) is 0. The number of rotatable bonds is 8. The Morgan fingerprint density at radius 2 is 1.55 bits per heavy atom. The van der Waals surface area contributed by atoms with Crippen LogP contribution < -0.4 is 20.3 Å². The molecule has 1 aliphatic heterocycles. The molecule has 1 saturated carbocycles. The molecular formula is C32H30F2N4O4. The third-order valence-corrected chi connectivity index (χ3v) is 8.04. The average Bonchev–Trinajstić information content (AvgIpc) is 3.82. The number of benzene rings is 3. The molecule has 1 aliphatic carbocycles. The van der Waals surface area contributed by atoms with Crippen molar-refractivity contribution in [1.29, 1.82) is 0 Å². The van der Waals surface area contributed by atoms with E-state index in [1.54, 1.807) is 42.6 Å². The van der Waals surface area contributed by atoms with Gasteiger partial charge in [0, 0.05) is 42.7 Å². The van der Waals surface area contributed by atoms with Crippen molar-refractivity contribution in [2.75, 3.05) is 35.2 Å². The Morgan fingerprint density at radius 1 is 0.929 bits per heavy atom. The van der Waals surface area contributed by atoms with Crippen molar-refractivity contribution in [2.24, 2.45) is 11.3 Å². The van der Waals surface area contributed by atoms with E-state index >= 15 is 4.39 Å². The Balaban J connectivity index is 1.12. The fourth-order valence-corrected chi connectivity index (χ4v) is 5.27. The molecule has 0 atom stereocenters. The molecule has 0 radical (unpaired) electrons. The number of fused-ring (bicyclic) bond motifs is 1. The van der Waals surface area contributed by atoms with Gasteiger partial charge in [-0.1, -0.05) is 0 Å². The van der Waals surface area contributed by atoms with Gasteiger partial charge in [0.1, 0.15) is 28.5 Å². The van der Waals surface area contributed by atoms with Crippen LogP contribution in [0.2, 0.25) is 0 Å². The molecule has 4 aromatic rings. The first-order valence-corrected chi connectivity index (χ1v) is 13.9. The van der Waals surface area contributed by atoms with Gasteiger partial charge in [-0.25, -0.2) is 8.78 Å². The number of carbonyl (C=O) groups excluding carboxylic acids is 2. The number of pyridine rings is 1. The minimum atomic E-state index is -1.17. The number of nitrogens with zero attached hydrogens (tertiary/aromatic N) is 2. The Bertz CT molecular complexity index is 1620. The standard InChI is InChI=1S/C32H30F2N4O4/c33-21-1-3-22(4-2-21)36-30(40)32(12-13-32)31(41)37-23-5-7-24(8-6-23)42-29-9-14-35-27-18-28(26(34)17-25(27)29)38-15-10-20(19-39)11-16-38/h1-9,14,17-18,20,39H,10-13,15-16,19H2,(H,36,40)(H,37,41). The van der Waals surface area contributed by atoms with E-state index in [4.69, 9.17) is 4.74 Å². The Morgan fingerprint density at radius 3 is 2.14 bits per heavy atom. The van der Waals surface area contributed by atoms with Crippen molar-refractivity contribution in [2.45, 2.75) is 25.7 Å². The van der Waals surface area contributed by atoms with Crippen LogP contribution >= 0.6 is 0 Å². The summed E-state index contributed by atoms with van der Waals surface area (Å²) in [6.07, 6.45) is 4.07. The van der Waals surface area contributed by atoms with Gasteiger partial charge in [0.15, 0.2) is 0 Å². The van der Waals surface area contributed by atoms with Gasteiger partial charge in [0.25, 0.3) is 0 Å². The van der Waals surface area contributed by atoms with Gasteiger partial charge in [0.05, 0.1) is 11.2 Å². The fourth-order valence-electron chi connectivity index (χ4n) is 5.27. The topological polar surface area (TPSA) is 104 Å². The maximum atomic E-state index is 15.2. The second-order valence-corrected chi connectivity index (χ2v) is 10.9. The number of carbonyl (C=O) groups is 2. The number of aromatic nitrogens is 1. The second kappa shape index (κ2) is 11.4. The summed E-state index contributed by atoms with van der Waals surface area (Å²) in [4.78, 5) is 32.2. The monoisotopic (exact) mass is 572 g/mol. The van der Waals surface area contributed by atoms with Crippen molar-refractivity contribution < 1.29 is 28.2 Å². The van der Waals surface area contributed by atoms with Gasteiger partial charge in [-0.05, 0) is 98.3 Å². The first-order chi connectivity index (χ1) is 20.3. The minimum Gasteiger partial charge on any atom is -0.457 e. The van der Waals surface area contributed by atoms with Gasteiger partial charge >= 0.3 is 0 Å². The van der Waals surface area contributed by atoms with Crippen LogP contribution in [0.25, 0.3) is 10.9 Å². The lowest BCUT2D eigenvalue weighted by molar-refractivity contribution is -0.131. The first-order valence-electron chi connectivity index (χ1n) is 13.9. The SMILES string of the molecule is O=C(Nc1ccc(F)cc1)C1(C(=O)Nc2ccc(Oc3ccnc4cc(N5CCC(CO)CC5)c(F)cc34)cc2)CC1. The number of piperidine rings is 1. The molecule has 8 nitrogen and oxygen atoms in total.